The topological polar surface area (TPSA) is 70.3 Å². The summed E-state index contributed by atoms with van der Waals surface area (Å²) in [4.78, 5) is 11.6. The van der Waals surface area contributed by atoms with Crippen LogP contribution in [0.4, 0.5) is 0 Å². The number of esters is 1. The molecule has 0 aliphatic carbocycles. The summed E-state index contributed by atoms with van der Waals surface area (Å²) in [6, 6.07) is 8.12. The number of nitrogens with zero attached hydrogens (tertiary/aromatic N) is 1. The van der Waals surface area contributed by atoms with Crippen molar-refractivity contribution in [3.05, 3.63) is 35.4 Å². The van der Waals surface area contributed by atoms with E-state index >= 15 is 0 Å². The van der Waals surface area contributed by atoms with Crippen LogP contribution >= 0.6 is 0 Å². The van der Waals surface area contributed by atoms with Gasteiger partial charge >= 0.3 is 5.97 Å². The van der Waals surface area contributed by atoms with E-state index in [1.165, 1.54) is 18.2 Å². The molecule has 1 aromatic carbocycles. The van der Waals surface area contributed by atoms with Crippen LogP contribution in [0, 0.1) is 11.3 Å². The summed E-state index contributed by atoms with van der Waals surface area (Å²) in [5, 5.41) is 18.2. The van der Waals surface area contributed by atoms with Gasteiger partial charge in [-0.2, -0.15) is 5.26 Å². The van der Waals surface area contributed by atoms with E-state index in [9.17, 15) is 9.90 Å². The van der Waals surface area contributed by atoms with Gasteiger partial charge in [0.15, 0.2) is 0 Å². The molecule has 94 valence electrons. The summed E-state index contributed by atoms with van der Waals surface area (Å²) in [6.45, 7) is 2.30. The minimum atomic E-state index is -0.630. The van der Waals surface area contributed by atoms with Crippen LogP contribution in [0.15, 0.2) is 29.8 Å². The van der Waals surface area contributed by atoms with Crippen molar-refractivity contribution < 1.29 is 14.6 Å². The van der Waals surface area contributed by atoms with E-state index in [1.54, 1.807) is 18.2 Å². The van der Waals surface area contributed by atoms with Crippen molar-refractivity contribution in [2.24, 2.45) is 0 Å². The average molecular weight is 245 g/mol. The molecule has 0 aromatic heterocycles. The first-order chi connectivity index (χ1) is 8.67. The molecular weight excluding hydrogens is 230 g/mol. The molecule has 1 aromatic rings. The maximum Gasteiger partial charge on any atom is 0.348 e. The predicted octanol–water partition coefficient (Wildman–Crippen LogP) is 2.64. The first-order valence-corrected chi connectivity index (χ1v) is 5.75. The third-order valence-electron chi connectivity index (χ3n) is 2.25. The molecule has 4 heteroatoms. The Hall–Kier alpha value is -2.28. The Kier molecular flexibility index (Phi) is 5.46. The molecular formula is C14H15NO3. The van der Waals surface area contributed by atoms with E-state index in [0.29, 0.717) is 12.2 Å². The summed E-state index contributed by atoms with van der Waals surface area (Å²) in [6.07, 6.45) is 3.09. The minimum absolute atomic E-state index is 0.0725. The zero-order valence-electron chi connectivity index (χ0n) is 10.2. The Bertz CT molecular complexity index is 486. The molecule has 4 nitrogen and oxygen atoms in total. The number of ether oxygens (including phenoxy) is 1. The van der Waals surface area contributed by atoms with Gasteiger partial charge in [-0.1, -0.05) is 25.5 Å². The highest BCUT2D eigenvalue weighted by atomic mass is 16.5. The molecule has 0 fully saturated rings. The lowest BCUT2D eigenvalue weighted by Crippen LogP contribution is -2.07. The number of hydrogen-bond acceptors (Lipinski definition) is 4. The highest BCUT2D eigenvalue weighted by Crippen LogP contribution is 2.14. The number of hydrogen-bond donors (Lipinski definition) is 1. The molecule has 1 rings (SSSR count). The molecule has 18 heavy (non-hydrogen) atoms. The smallest absolute Gasteiger partial charge is 0.348 e. The molecule has 0 radical (unpaired) electrons. The van der Waals surface area contributed by atoms with E-state index < -0.39 is 5.97 Å². The highest BCUT2D eigenvalue weighted by Gasteiger charge is 2.10. The fraction of sp³-hybridized carbons (Fsp3) is 0.286. The largest absolute Gasteiger partial charge is 0.508 e. The van der Waals surface area contributed by atoms with Crippen LogP contribution in [0.25, 0.3) is 6.08 Å². The van der Waals surface area contributed by atoms with E-state index in [-0.39, 0.29) is 11.3 Å². The molecule has 0 heterocycles. The second-order valence-corrected chi connectivity index (χ2v) is 3.75. The van der Waals surface area contributed by atoms with Gasteiger partial charge < -0.3 is 9.84 Å². The highest BCUT2D eigenvalue weighted by molar-refractivity contribution is 5.97. The number of benzene rings is 1. The van der Waals surface area contributed by atoms with E-state index in [1.807, 2.05) is 6.92 Å². The fourth-order valence-electron chi connectivity index (χ4n) is 1.31. The predicted molar refractivity (Wildman–Crippen MR) is 67.6 cm³/mol. The van der Waals surface area contributed by atoms with E-state index in [2.05, 4.69) is 0 Å². The van der Waals surface area contributed by atoms with E-state index in [0.717, 1.165) is 12.8 Å². The van der Waals surface area contributed by atoms with Gasteiger partial charge in [0.05, 0.1) is 6.61 Å². The average Bonchev–Trinajstić information content (AvgIpc) is 2.36. The zero-order chi connectivity index (χ0) is 13.4. The maximum atomic E-state index is 11.6. The summed E-state index contributed by atoms with van der Waals surface area (Å²) >= 11 is 0. The number of phenolic OH excluding ortho intramolecular Hbond substituents is 1. The summed E-state index contributed by atoms with van der Waals surface area (Å²) in [5.74, 6) is -0.547. The Morgan fingerprint density at radius 1 is 1.56 bits per heavy atom. The first kappa shape index (κ1) is 13.8. The van der Waals surface area contributed by atoms with Crippen LogP contribution in [0.5, 0.6) is 5.75 Å². The van der Waals surface area contributed by atoms with Crippen LogP contribution in [0.2, 0.25) is 0 Å². The van der Waals surface area contributed by atoms with Crippen molar-refractivity contribution in [2.75, 3.05) is 6.61 Å². The Balaban J connectivity index is 2.77. The molecule has 0 aliphatic heterocycles. The number of carbonyl (C=O) groups is 1. The van der Waals surface area contributed by atoms with Gasteiger partial charge in [0.1, 0.15) is 17.4 Å². The number of carbonyl (C=O) groups excluding carboxylic acids is 1. The minimum Gasteiger partial charge on any atom is -0.508 e. The lowest BCUT2D eigenvalue weighted by molar-refractivity contribution is -0.138. The Morgan fingerprint density at radius 3 is 2.94 bits per heavy atom. The molecule has 0 bridgehead atoms. The molecule has 0 atom stereocenters. The second kappa shape index (κ2) is 7.13. The Labute approximate surface area is 106 Å². The number of rotatable bonds is 5. The van der Waals surface area contributed by atoms with Crippen molar-refractivity contribution in [2.45, 2.75) is 19.8 Å². The molecule has 0 amide bonds. The Morgan fingerprint density at radius 2 is 2.33 bits per heavy atom. The summed E-state index contributed by atoms with van der Waals surface area (Å²) in [7, 11) is 0. The van der Waals surface area contributed by atoms with Crippen molar-refractivity contribution in [1.82, 2.24) is 0 Å². The molecule has 0 aliphatic rings. The number of phenols is 1. The van der Waals surface area contributed by atoms with Gasteiger partial charge in [-0.05, 0) is 30.2 Å². The van der Waals surface area contributed by atoms with Crippen LogP contribution in [-0.2, 0) is 9.53 Å². The summed E-state index contributed by atoms with van der Waals surface area (Å²) < 4.78 is 4.95. The standard InChI is InChI=1S/C14H15NO3/c1-2-3-7-18-14(17)12(10-15)8-11-5-4-6-13(16)9-11/h4-6,8-9,16H,2-3,7H2,1H3. The zero-order valence-corrected chi connectivity index (χ0v) is 10.2. The molecule has 0 saturated carbocycles. The van der Waals surface area contributed by atoms with Crippen molar-refractivity contribution in [3.8, 4) is 11.8 Å². The molecule has 1 N–H and O–H groups in total. The maximum absolute atomic E-state index is 11.6. The van der Waals surface area contributed by atoms with Crippen molar-refractivity contribution in [3.63, 3.8) is 0 Å². The number of nitriles is 1. The third kappa shape index (κ3) is 4.30. The lowest BCUT2D eigenvalue weighted by Gasteiger charge is -2.02. The second-order valence-electron chi connectivity index (χ2n) is 3.75. The van der Waals surface area contributed by atoms with Gasteiger partial charge in [-0.25, -0.2) is 4.79 Å². The van der Waals surface area contributed by atoms with Crippen molar-refractivity contribution in [1.29, 1.82) is 5.26 Å². The molecule has 0 spiro atoms. The fourth-order valence-corrected chi connectivity index (χ4v) is 1.31. The summed E-state index contributed by atoms with van der Waals surface area (Å²) in [5.41, 5.74) is 0.510. The van der Waals surface area contributed by atoms with Gasteiger partial charge in [0.2, 0.25) is 0 Å². The quantitative estimate of drug-likeness (QED) is 0.374. The van der Waals surface area contributed by atoms with Crippen LogP contribution in [0.3, 0.4) is 0 Å². The van der Waals surface area contributed by atoms with Gasteiger partial charge in [0.25, 0.3) is 0 Å². The SMILES string of the molecule is CCCCOC(=O)C(C#N)=Cc1cccc(O)c1. The van der Waals surface area contributed by atoms with Crippen LogP contribution < -0.4 is 0 Å². The molecule has 0 unspecified atom stereocenters. The van der Waals surface area contributed by atoms with Gasteiger partial charge in [-0.15, -0.1) is 0 Å². The van der Waals surface area contributed by atoms with Crippen LogP contribution in [0.1, 0.15) is 25.3 Å². The number of unbranched alkanes of at least 4 members (excludes halogenated alkanes) is 1. The van der Waals surface area contributed by atoms with Gasteiger partial charge in [0, 0.05) is 0 Å². The lowest BCUT2D eigenvalue weighted by atomic mass is 10.1. The monoisotopic (exact) mass is 245 g/mol. The third-order valence-corrected chi connectivity index (χ3v) is 2.25. The van der Waals surface area contributed by atoms with Crippen LogP contribution in [-0.4, -0.2) is 17.7 Å². The van der Waals surface area contributed by atoms with Gasteiger partial charge in [-0.3, -0.25) is 0 Å². The first-order valence-electron chi connectivity index (χ1n) is 5.75. The normalized spacial score (nSPS) is 10.8. The van der Waals surface area contributed by atoms with E-state index in [4.69, 9.17) is 10.00 Å². The number of aromatic hydroxyl groups is 1. The van der Waals surface area contributed by atoms with Crippen molar-refractivity contribution >= 4 is 12.0 Å². The molecule has 0 saturated heterocycles.